The maximum atomic E-state index is 13.5. The van der Waals surface area contributed by atoms with E-state index in [-0.39, 0.29) is 6.03 Å². The minimum atomic E-state index is -0.765. The first-order chi connectivity index (χ1) is 16.6. The molecule has 1 aromatic heterocycles. The van der Waals surface area contributed by atoms with Gasteiger partial charge in [-0.25, -0.2) is 14.8 Å². The number of carbonyl (C=O) groups is 2. The van der Waals surface area contributed by atoms with Gasteiger partial charge in [0.25, 0.3) is 0 Å². The van der Waals surface area contributed by atoms with Crippen molar-refractivity contribution in [1.29, 1.82) is 0 Å². The Morgan fingerprint density at radius 2 is 1.82 bits per heavy atom. The second-order valence-electron chi connectivity index (χ2n) is 8.26. The molecule has 0 saturated carbocycles. The molecule has 0 N–H and O–H groups in total. The molecule has 1 unspecified atom stereocenters. The van der Waals surface area contributed by atoms with Gasteiger partial charge in [-0.05, 0) is 12.1 Å². The number of hydrogen-bond acceptors (Lipinski definition) is 7. The number of aromatic nitrogens is 2. The summed E-state index contributed by atoms with van der Waals surface area (Å²) < 4.78 is 5.33. The van der Waals surface area contributed by atoms with E-state index in [1.807, 2.05) is 54.6 Å². The number of nitrogens with zero attached hydrogens (tertiary/aromatic N) is 6. The van der Waals surface area contributed by atoms with Gasteiger partial charge in [0, 0.05) is 50.5 Å². The highest BCUT2D eigenvalue weighted by molar-refractivity contribution is 6.03. The minimum Gasteiger partial charge on any atom is -0.497 e. The largest absolute Gasteiger partial charge is 0.497 e. The first-order valence-corrected chi connectivity index (χ1v) is 11.2. The molecule has 174 valence electrons. The van der Waals surface area contributed by atoms with Gasteiger partial charge in [0.2, 0.25) is 0 Å². The molecule has 9 nitrogen and oxygen atoms in total. The van der Waals surface area contributed by atoms with Crippen LogP contribution < -0.4 is 19.4 Å². The fraction of sp³-hybridized carbons (Fsp3) is 0.280. The number of carbonyl (C=O) groups excluding carboxylic acids is 2. The number of anilines is 3. The van der Waals surface area contributed by atoms with E-state index in [0.717, 1.165) is 23.3 Å². The van der Waals surface area contributed by atoms with Crippen LogP contribution in [0.1, 0.15) is 0 Å². The maximum absolute atomic E-state index is 13.5. The normalized spacial score (nSPS) is 17.5. The summed E-state index contributed by atoms with van der Waals surface area (Å²) in [5, 5.41) is 0. The van der Waals surface area contributed by atoms with Crippen LogP contribution in [0.3, 0.4) is 0 Å². The number of aldehydes is 1. The average molecular weight is 459 g/mol. The van der Waals surface area contributed by atoms with Crippen molar-refractivity contribution in [2.75, 3.05) is 55.0 Å². The molecule has 0 radical (unpaired) electrons. The Balaban J connectivity index is 1.35. The van der Waals surface area contributed by atoms with Crippen LogP contribution in [0.5, 0.6) is 5.75 Å². The molecule has 1 atom stereocenters. The second-order valence-corrected chi connectivity index (χ2v) is 8.26. The molecule has 2 amide bonds. The van der Waals surface area contributed by atoms with Crippen LogP contribution in [0, 0.1) is 0 Å². The summed E-state index contributed by atoms with van der Waals surface area (Å²) in [6, 6.07) is 17.3. The van der Waals surface area contributed by atoms with Crippen LogP contribution in [0.2, 0.25) is 0 Å². The summed E-state index contributed by atoms with van der Waals surface area (Å²) in [7, 11) is 3.42. The number of urea groups is 1. The van der Waals surface area contributed by atoms with Crippen molar-refractivity contribution in [3.05, 3.63) is 60.8 Å². The third-order valence-electron chi connectivity index (χ3n) is 6.33. The predicted octanol–water partition coefficient (Wildman–Crippen LogP) is 2.88. The number of ether oxygens (including phenoxy) is 1. The lowest BCUT2D eigenvalue weighted by Crippen LogP contribution is -2.56. The van der Waals surface area contributed by atoms with Crippen molar-refractivity contribution >= 4 is 29.5 Å². The summed E-state index contributed by atoms with van der Waals surface area (Å²) in [5.41, 5.74) is 2.48. The molecule has 3 aromatic rings. The number of likely N-dealkylation sites (N-methyl/N-ethyl adjacent to an activating group) is 1. The Labute approximate surface area is 198 Å². The summed E-state index contributed by atoms with van der Waals surface area (Å²) in [6.45, 7) is 2.45. The fourth-order valence-corrected chi connectivity index (χ4v) is 4.45. The number of methoxy groups -OCH3 is 1. The molecule has 2 aliphatic rings. The van der Waals surface area contributed by atoms with Gasteiger partial charge in [0.05, 0.1) is 13.3 Å². The summed E-state index contributed by atoms with van der Waals surface area (Å²) in [5.74, 6) is 1.92. The molecule has 5 rings (SSSR count). The van der Waals surface area contributed by atoms with Crippen LogP contribution in [0.4, 0.5) is 22.0 Å². The average Bonchev–Trinajstić information content (AvgIpc) is 3.19. The number of benzene rings is 2. The van der Waals surface area contributed by atoms with Crippen LogP contribution in [0.15, 0.2) is 60.8 Å². The zero-order chi connectivity index (χ0) is 23.7. The summed E-state index contributed by atoms with van der Waals surface area (Å²) in [6.07, 6.45) is 1.64. The van der Waals surface area contributed by atoms with E-state index in [0.29, 0.717) is 43.5 Å². The van der Waals surface area contributed by atoms with E-state index >= 15 is 0 Å². The zero-order valence-corrected chi connectivity index (χ0v) is 19.2. The first-order valence-electron chi connectivity index (χ1n) is 11.2. The maximum Gasteiger partial charge on any atom is 0.326 e. The first kappa shape index (κ1) is 21.7. The fourth-order valence-electron chi connectivity index (χ4n) is 4.45. The molecule has 3 heterocycles. The van der Waals surface area contributed by atoms with Crippen molar-refractivity contribution in [3.8, 4) is 17.1 Å². The van der Waals surface area contributed by atoms with Crippen molar-refractivity contribution < 1.29 is 14.3 Å². The zero-order valence-electron chi connectivity index (χ0n) is 19.2. The molecule has 0 aliphatic carbocycles. The molecule has 0 spiro atoms. The minimum absolute atomic E-state index is 0.218. The SMILES string of the molecule is COc1cccc(N2CCN(C(=O)N3c4cnc(-c5ccccc5)nc4N(C)C3C=O)CC2)c1. The molecule has 34 heavy (non-hydrogen) atoms. The molecular weight excluding hydrogens is 432 g/mol. The highest BCUT2D eigenvalue weighted by Gasteiger charge is 2.41. The van der Waals surface area contributed by atoms with E-state index < -0.39 is 6.17 Å². The topological polar surface area (TPSA) is 82.1 Å². The molecule has 2 aromatic carbocycles. The lowest BCUT2D eigenvalue weighted by atomic mass is 10.2. The van der Waals surface area contributed by atoms with Gasteiger partial charge in [-0.1, -0.05) is 36.4 Å². The quantitative estimate of drug-likeness (QED) is 0.556. The molecule has 1 saturated heterocycles. The Morgan fingerprint density at radius 3 is 2.53 bits per heavy atom. The lowest BCUT2D eigenvalue weighted by Gasteiger charge is -2.38. The van der Waals surface area contributed by atoms with E-state index in [1.54, 1.807) is 30.2 Å². The molecule has 1 fully saturated rings. The highest BCUT2D eigenvalue weighted by Crippen LogP contribution is 2.38. The highest BCUT2D eigenvalue weighted by atomic mass is 16.5. The van der Waals surface area contributed by atoms with Gasteiger partial charge in [-0.3, -0.25) is 9.69 Å². The van der Waals surface area contributed by atoms with Gasteiger partial charge in [-0.2, -0.15) is 0 Å². The van der Waals surface area contributed by atoms with Gasteiger partial charge < -0.3 is 19.4 Å². The number of amides is 2. The van der Waals surface area contributed by atoms with Crippen LogP contribution in [0.25, 0.3) is 11.4 Å². The molecule has 0 bridgehead atoms. The molecular formula is C25H26N6O3. The van der Waals surface area contributed by atoms with Crippen molar-refractivity contribution in [3.63, 3.8) is 0 Å². The second kappa shape index (κ2) is 9.01. The van der Waals surface area contributed by atoms with Crippen LogP contribution in [-0.2, 0) is 4.79 Å². The summed E-state index contributed by atoms with van der Waals surface area (Å²) >= 11 is 0. The van der Waals surface area contributed by atoms with E-state index in [9.17, 15) is 9.59 Å². The predicted molar refractivity (Wildman–Crippen MR) is 130 cm³/mol. The third-order valence-corrected chi connectivity index (χ3v) is 6.33. The van der Waals surface area contributed by atoms with Gasteiger partial charge in [0.1, 0.15) is 11.4 Å². The molecule has 2 aliphatic heterocycles. The Kier molecular flexibility index (Phi) is 5.75. The van der Waals surface area contributed by atoms with Crippen LogP contribution >= 0.6 is 0 Å². The van der Waals surface area contributed by atoms with E-state index in [4.69, 9.17) is 4.74 Å². The third kappa shape index (κ3) is 3.79. The van der Waals surface area contributed by atoms with Crippen molar-refractivity contribution in [1.82, 2.24) is 14.9 Å². The van der Waals surface area contributed by atoms with Crippen molar-refractivity contribution in [2.45, 2.75) is 6.17 Å². The number of fused-ring (bicyclic) bond motifs is 1. The Hall–Kier alpha value is -4.14. The van der Waals surface area contributed by atoms with Gasteiger partial charge >= 0.3 is 6.03 Å². The van der Waals surface area contributed by atoms with E-state index in [1.165, 1.54) is 4.90 Å². The standard InChI is InChI=1S/C25H26N6O3/c1-28-22(17-32)31(21-16-26-23(27-24(21)28)18-7-4-3-5-8-18)25(33)30-13-11-29(12-14-30)19-9-6-10-20(15-19)34-2/h3-10,15-17,22H,11-14H2,1-2H3. The Bertz CT molecular complexity index is 1200. The number of rotatable bonds is 4. The number of hydrogen-bond donors (Lipinski definition) is 0. The smallest absolute Gasteiger partial charge is 0.326 e. The number of piperazine rings is 1. The van der Waals surface area contributed by atoms with Crippen LogP contribution in [-0.4, -0.2) is 73.7 Å². The Morgan fingerprint density at radius 1 is 1.06 bits per heavy atom. The lowest BCUT2D eigenvalue weighted by molar-refractivity contribution is -0.108. The van der Waals surface area contributed by atoms with Gasteiger partial charge in [0.15, 0.2) is 24.1 Å². The summed E-state index contributed by atoms with van der Waals surface area (Å²) in [4.78, 5) is 41.9. The van der Waals surface area contributed by atoms with Gasteiger partial charge in [-0.15, -0.1) is 0 Å². The monoisotopic (exact) mass is 458 g/mol. The van der Waals surface area contributed by atoms with Crippen molar-refractivity contribution in [2.24, 2.45) is 0 Å². The molecule has 9 heteroatoms. The van der Waals surface area contributed by atoms with E-state index in [2.05, 4.69) is 14.9 Å².